The minimum Gasteiger partial charge on any atom is -0.480 e. The summed E-state index contributed by atoms with van der Waals surface area (Å²) in [6.07, 6.45) is 0.1000. The molecule has 1 amide bonds. The number of hydrogen-bond donors (Lipinski definition) is 2. The lowest BCUT2D eigenvalue weighted by Crippen LogP contribution is -2.41. The lowest BCUT2D eigenvalue weighted by molar-refractivity contribution is -0.384. The molecule has 126 valence electrons. The zero-order chi connectivity index (χ0) is 17.4. The van der Waals surface area contributed by atoms with Crippen LogP contribution in [0.3, 0.4) is 0 Å². The fraction of sp³-hybridized carbons (Fsp3) is 0.429. The van der Waals surface area contributed by atoms with Crippen LogP contribution in [0.4, 0.5) is 5.69 Å². The van der Waals surface area contributed by atoms with Crippen LogP contribution in [0.25, 0.3) is 0 Å². The van der Waals surface area contributed by atoms with Crippen LogP contribution in [0.2, 0.25) is 0 Å². The average molecular weight is 342 g/mol. The number of nitrogens with zero attached hydrogens (tertiary/aromatic N) is 1. The number of hydrogen-bond acceptors (Lipinski definition) is 6. The molecule has 0 bridgehead atoms. The van der Waals surface area contributed by atoms with Crippen molar-refractivity contribution in [3.63, 3.8) is 0 Å². The summed E-state index contributed by atoms with van der Waals surface area (Å²) in [5.41, 5.74) is -0.130. The van der Waals surface area contributed by atoms with E-state index in [1.165, 1.54) is 31.0 Å². The molecule has 2 N–H and O–H groups in total. The van der Waals surface area contributed by atoms with Crippen molar-refractivity contribution < 1.29 is 24.4 Å². The van der Waals surface area contributed by atoms with Gasteiger partial charge in [0.1, 0.15) is 6.04 Å². The first-order chi connectivity index (χ1) is 10.9. The van der Waals surface area contributed by atoms with Crippen molar-refractivity contribution in [3.05, 3.63) is 33.9 Å². The first kappa shape index (κ1) is 18.9. The van der Waals surface area contributed by atoms with E-state index in [1.807, 2.05) is 6.92 Å². The van der Waals surface area contributed by atoms with Crippen LogP contribution in [0.1, 0.15) is 23.7 Å². The minimum atomic E-state index is -1.19. The third-order valence-electron chi connectivity index (χ3n) is 2.93. The van der Waals surface area contributed by atoms with Crippen LogP contribution in [0.15, 0.2) is 23.1 Å². The number of rotatable bonds is 9. The average Bonchev–Trinajstić information content (AvgIpc) is 2.51. The van der Waals surface area contributed by atoms with E-state index in [0.29, 0.717) is 10.6 Å². The maximum Gasteiger partial charge on any atom is 0.326 e. The summed E-state index contributed by atoms with van der Waals surface area (Å²) in [4.78, 5) is 34.4. The highest BCUT2D eigenvalue weighted by molar-refractivity contribution is 7.99. The van der Waals surface area contributed by atoms with E-state index in [-0.39, 0.29) is 24.3 Å². The molecular formula is C14H18N2O6S. The van der Waals surface area contributed by atoms with Crippen LogP contribution < -0.4 is 5.32 Å². The molecule has 0 aliphatic carbocycles. The molecule has 1 rings (SSSR count). The topological polar surface area (TPSA) is 119 Å². The molecule has 1 aromatic rings. The Kier molecular flexibility index (Phi) is 7.49. The highest BCUT2D eigenvalue weighted by atomic mass is 32.2. The number of nitrogens with one attached hydrogen (secondary N) is 1. The normalized spacial score (nSPS) is 11.7. The summed E-state index contributed by atoms with van der Waals surface area (Å²) in [7, 11) is 1.43. The van der Waals surface area contributed by atoms with Crippen LogP contribution in [0, 0.1) is 10.1 Å². The minimum absolute atomic E-state index is 0.0923. The molecule has 1 aromatic carbocycles. The van der Waals surface area contributed by atoms with Crippen molar-refractivity contribution in [1.82, 2.24) is 5.32 Å². The monoisotopic (exact) mass is 342 g/mol. The van der Waals surface area contributed by atoms with Gasteiger partial charge < -0.3 is 15.2 Å². The Balaban J connectivity index is 3.05. The number of carbonyl (C=O) groups is 2. The highest BCUT2D eigenvalue weighted by Crippen LogP contribution is 2.26. The van der Waals surface area contributed by atoms with Gasteiger partial charge in [0.2, 0.25) is 0 Å². The van der Waals surface area contributed by atoms with E-state index in [2.05, 4.69) is 5.32 Å². The largest absolute Gasteiger partial charge is 0.480 e. The van der Waals surface area contributed by atoms with Crippen molar-refractivity contribution in [2.45, 2.75) is 24.3 Å². The summed E-state index contributed by atoms with van der Waals surface area (Å²) in [6, 6.07) is 2.84. The zero-order valence-corrected chi connectivity index (χ0v) is 13.6. The van der Waals surface area contributed by atoms with Gasteiger partial charge in [0.15, 0.2) is 0 Å². The Morgan fingerprint density at radius 2 is 2.17 bits per heavy atom. The maximum atomic E-state index is 12.3. The standard InChI is InChI=1S/C14H18N2O6S/c1-3-23-12-5-4-9(16(20)21)8-10(12)13(17)15-11(14(18)19)6-7-22-2/h4-5,8,11H,3,6-7H2,1-2H3,(H,15,17)(H,18,19). The van der Waals surface area contributed by atoms with Gasteiger partial charge in [0.05, 0.1) is 10.5 Å². The second-order valence-corrected chi connectivity index (χ2v) is 5.82. The summed E-state index contributed by atoms with van der Waals surface area (Å²) in [5.74, 6) is -1.18. The van der Waals surface area contributed by atoms with Gasteiger partial charge in [0, 0.05) is 37.2 Å². The third kappa shape index (κ3) is 5.53. The second-order valence-electron chi connectivity index (χ2n) is 4.52. The van der Waals surface area contributed by atoms with Gasteiger partial charge in [-0.05, 0) is 11.8 Å². The molecule has 1 unspecified atom stereocenters. The van der Waals surface area contributed by atoms with Crippen LogP contribution >= 0.6 is 11.8 Å². The summed E-state index contributed by atoms with van der Waals surface area (Å²) in [5, 5.41) is 22.4. The van der Waals surface area contributed by atoms with Crippen molar-refractivity contribution in [3.8, 4) is 0 Å². The van der Waals surface area contributed by atoms with Gasteiger partial charge >= 0.3 is 5.97 Å². The number of ether oxygens (including phenoxy) is 1. The van der Waals surface area contributed by atoms with Crippen molar-refractivity contribution >= 4 is 29.3 Å². The fourth-order valence-electron chi connectivity index (χ4n) is 1.82. The predicted octanol–water partition coefficient (Wildman–Crippen LogP) is 1.93. The Hall–Kier alpha value is -2.13. The lowest BCUT2D eigenvalue weighted by Gasteiger charge is -2.15. The number of thioether (sulfide) groups is 1. The van der Waals surface area contributed by atoms with Gasteiger partial charge in [-0.2, -0.15) is 0 Å². The number of non-ortho nitro benzene ring substituents is 1. The number of carboxylic acid groups (broad SMARTS) is 1. The molecule has 1 atom stereocenters. The quantitative estimate of drug-likeness (QED) is 0.400. The van der Waals surface area contributed by atoms with E-state index in [9.17, 15) is 19.7 Å². The molecule has 0 fully saturated rings. The number of amides is 1. The van der Waals surface area contributed by atoms with E-state index in [0.717, 1.165) is 6.07 Å². The first-order valence-corrected chi connectivity index (χ1v) is 7.83. The summed E-state index contributed by atoms with van der Waals surface area (Å²) >= 11 is 1.35. The van der Waals surface area contributed by atoms with Gasteiger partial charge in [-0.25, -0.2) is 4.79 Å². The molecule has 0 radical (unpaired) electrons. The number of benzene rings is 1. The van der Waals surface area contributed by atoms with Gasteiger partial charge in [-0.15, -0.1) is 11.8 Å². The van der Waals surface area contributed by atoms with Crippen molar-refractivity contribution in [1.29, 1.82) is 0 Å². The Labute approximate surface area is 137 Å². The molecule has 0 heterocycles. The Bertz CT molecular complexity index is 593. The van der Waals surface area contributed by atoms with E-state index >= 15 is 0 Å². The first-order valence-electron chi connectivity index (χ1n) is 6.84. The molecule has 23 heavy (non-hydrogen) atoms. The van der Waals surface area contributed by atoms with Crippen LogP contribution in [-0.2, 0) is 9.53 Å². The SMILES string of the molecule is CCSc1ccc([N+](=O)[O-])cc1C(=O)NC(CCOC)C(=O)O. The summed E-state index contributed by atoms with van der Waals surface area (Å²) < 4.78 is 4.81. The van der Waals surface area contributed by atoms with Gasteiger partial charge in [-0.1, -0.05) is 6.92 Å². The van der Waals surface area contributed by atoms with E-state index < -0.39 is 22.8 Å². The molecule has 0 aliphatic rings. The molecule has 0 spiro atoms. The second kappa shape index (κ2) is 9.11. The zero-order valence-electron chi connectivity index (χ0n) is 12.8. The number of carboxylic acids is 1. The van der Waals surface area contributed by atoms with Crippen LogP contribution in [0.5, 0.6) is 0 Å². The molecule has 0 saturated carbocycles. The highest BCUT2D eigenvalue weighted by Gasteiger charge is 2.23. The number of aliphatic carboxylic acids is 1. The molecule has 0 aliphatic heterocycles. The molecule has 8 nitrogen and oxygen atoms in total. The third-order valence-corrected chi connectivity index (χ3v) is 3.89. The van der Waals surface area contributed by atoms with Gasteiger partial charge in [0.25, 0.3) is 11.6 Å². The van der Waals surface area contributed by atoms with Crippen molar-refractivity contribution in [2.24, 2.45) is 0 Å². The van der Waals surface area contributed by atoms with Crippen LogP contribution in [-0.4, -0.2) is 47.4 Å². The van der Waals surface area contributed by atoms with Crippen molar-refractivity contribution in [2.75, 3.05) is 19.5 Å². The number of nitro benzene ring substituents is 1. The lowest BCUT2D eigenvalue weighted by atomic mass is 10.1. The maximum absolute atomic E-state index is 12.3. The summed E-state index contributed by atoms with van der Waals surface area (Å²) in [6.45, 7) is 2.05. The molecule has 9 heteroatoms. The molecule has 0 saturated heterocycles. The molecule has 0 aromatic heterocycles. The predicted molar refractivity (Wildman–Crippen MR) is 84.9 cm³/mol. The van der Waals surface area contributed by atoms with E-state index in [1.54, 1.807) is 0 Å². The van der Waals surface area contributed by atoms with Gasteiger partial charge in [-0.3, -0.25) is 14.9 Å². The van der Waals surface area contributed by atoms with E-state index in [4.69, 9.17) is 9.84 Å². The number of methoxy groups -OCH3 is 1. The smallest absolute Gasteiger partial charge is 0.326 e. The number of nitro groups is 1. The Morgan fingerprint density at radius 3 is 2.70 bits per heavy atom. The Morgan fingerprint density at radius 1 is 1.48 bits per heavy atom. The molecular weight excluding hydrogens is 324 g/mol. The fourth-order valence-corrected chi connectivity index (χ4v) is 2.60. The number of carbonyl (C=O) groups excluding carboxylic acids is 1.